The number of thioether (sulfide) groups is 1. The van der Waals surface area contributed by atoms with Crippen molar-refractivity contribution in [3.8, 4) is 0 Å². The Bertz CT molecular complexity index is 1170. The van der Waals surface area contributed by atoms with Gasteiger partial charge in [-0.1, -0.05) is 77.5 Å². The quantitative estimate of drug-likeness (QED) is 0.493. The van der Waals surface area contributed by atoms with Gasteiger partial charge in [-0.05, 0) is 54.8 Å². The number of hydrogen-bond donors (Lipinski definition) is 1. The Kier molecular flexibility index (Phi) is 6.98. The van der Waals surface area contributed by atoms with Gasteiger partial charge in [0.05, 0.1) is 10.6 Å². The van der Waals surface area contributed by atoms with Gasteiger partial charge in [0.25, 0.3) is 5.91 Å². The summed E-state index contributed by atoms with van der Waals surface area (Å²) in [5.41, 5.74) is 4.01. The maximum absolute atomic E-state index is 13.3. The molecule has 0 fully saturated rings. The molecule has 6 heteroatoms. The molecular weight excluding hydrogens is 440 g/mol. The fourth-order valence-corrected chi connectivity index (χ4v) is 4.73. The number of amides is 2. The normalized spacial score (nSPS) is 14.4. The molecule has 2 amide bonds. The molecule has 1 heterocycles. The van der Waals surface area contributed by atoms with E-state index < -0.39 is 0 Å². The van der Waals surface area contributed by atoms with Gasteiger partial charge in [-0.25, -0.2) is 0 Å². The topological polar surface area (TPSA) is 49.4 Å². The van der Waals surface area contributed by atoms with E-state index in [0.717, 1.165) is 22.6 Å². The second kappa shape index (κ2) is 10.1. The van der Waals surface area contributed by atoms with Crippen LogP contribution in [-0.2, 0) is 16.0 Å². The van der Waals surface area contributed by atoms with Crippen LogP contribution in [0.4, 0.5) is 5.69 Å². The molecule has 0 aromatic heterocycles. The van der Waals surface area contributed by atoms with E-state index in [2.05, 4.69) is 30.4 Å². The van der Waals surface area contributed by atoms with Crippen LogP contribution in [-0.4, -0.2) is 24.9 Å². The van der Waals surface area contributed by atoms with Crippen molar-refractivity contribution in [1.29, 1.82) is 0 Å². The SMILES string of the molecule is Cc1cccc(CCNC(=O)CN2C(=O)C(=Cc3ccc(Cl)cc3)Sc3ccccc32)c1. The molecular formula is C26H23ClN2O2S. The number of aryl methyl sites for hydroxylation is 1. The molecule has 32 heavy (non-hydrogen) atoms. The maximum Gasteiger partial charge on any atom is 0.265 e. The van der Waals surface area contributed by atoms with Crippen LogP contribution in [0.1, 0.15) is 16.7 Å². The lowest BCUT2D eigenvalue weighted by Crippen LogP contribution is -2.43. The first kappa shape index (κ1) is 22.2. The molecule has 162 valence electrons. The third-order valence-electron chi connectivity index (χ3n) is 5.12. The molecule has 1 N–H and O–H groups in total. The van der Waals surface area contributed by atoms with Crippen molar-refractivity contribution in [2.24, 2.45) is 0 Å². The summed E-state index contributed by atoms with van der Waals surface area (Å²) in [5.74, 6) is -0.365. The fraction of sp³-hybridized carbons (Fsp3) is 0.154. The monoisotopic (exact) mass is 462 g/mol. The Morgan fingerprint density at radius 3 is 2.62 bits per heavy atom. The summed E-state index contributed by atoms with van der Waals surface area (Å²) in [7, 11) is 0. The largest absolute Gasteiger partial charge is 0.354 e. The fourth-order valence-electron chi connectivity index (χ4n) is 3.54. The first-order chi connectivity index (χ1) is 15.5. The molecule has 4 nitrogen and oxygen atoms in total. The summed E-state index contributed by atoms with van der Waals surface area (Å²) in [6.07, 6.45) is 2.58. The van der Waals surface area contributed by atoms with Crippen LogP contribution in [0.3, 0.4) is 0 Å². The zero-order chi connectivity index (χ0) is 22.5. The molecule has 4 rings (SSSR count). The van der Waals surface area contributed by atoms with E-state index in [0.29, 0.717) is 16.5 Å². The third-order valence-corrected chi connectivity index (χ3v) is 6.45. The van der Waals surface area contributed by atoms with Gasteiger partial charge in [-0.15, -0.1) is 0 Å². The number of nitrogens with zero attached hydrogens (tertiary/aromatic N) is 1. The Labute approximate surface area is 197 Å². The van der Waals surface area contributed by atoms with Crippen molar-refractivity contribution in [3.05, 3.63) is 99.4 Å². The molecule has 3 aromatic rings. The second-order valence-corrected chi connectivity index (χ2v) is 9.13. The highest BCUT2D eigenvalue weighted by Gasteiger charge is 2.30. The molecule has 0 aliphatic carbocycles. The molecule has 0 radical (unpaired) electrons. The highest BCUT2D eigenvalue weighted by Crippen LogP contribution is 2.41. The van der Waals surface area contributed by atoms with Crippen molar-refractivity contribution in [1.82, 2.24) is 5.32 Å². The molecule has 3 aromatic carbocycles. The van der Waals surface area contributed by atoms with Gasteiger partial charge >= 0.3 is 0 Å². The van der Waals surface area contributed by atoms with Crippen molar-refractivity contribution >= 4 is 46.9 Å². The summed E-state index contributed by atoms with van der Waals surface area (Å²) in [4.78, 5) is 29.0. The van der Waals surface area contributed by atoms with E-state index >= 15 is 0 Å². The number of fused-ring (bicyclic) bond motifs is 1. The minimum Gasteiger partial charge on any atom is -0.354 e. The maximum atomic E-state index is 13.3. The average molecular weight is 463 g/mol. The summed E-state index contributed by atoms with van der Waals surface area (Å²) in [5, 5.41) is 3.59. The molecule has 0 saturated heterocycles. The Morgan fingerprint density at radius 2 is 1.84 bits per heavy atom. The summed E-state index contributed by atoms with van der Waals surface area (Å²) >= 11 is 7.39. The van der Waals surface area contributed by atoms with Crippen LogP contribution in [0.25, 0.3) is 6.08 Å². The predicted octanol–water partition coefficient (Wildman–Crippen LogP) is 5.49. The Hall–Kier alpha value is -3.02. The molecule has 1 aliphatic rings. The van der Waals surface area contributed by atoms with Crippen LogP contribution in [0.2, 0.25) is 5.02 Å². The van der Waals surface area contributed by atoms with Crippen molar-refractivity contribution < 1.29 is 9.59 Å². The number of benzene rings is 3. The van der Waals surface area contributed by atoms with Gasteiger partial charge in [-0.3, -0.25) is 14.5 Å². The summed E-state index contributed by atoms with van der Waals surface area (Å²) in [6, 6.07) is 23.2. The molecule has 0 spiro atoms. The molecule has 0 atom stereocenters. The van der Waals surface area contributed by atoms with Crippen molar-refractivity contribution in [2.45, 2.75) is 18.2 Å². The first-order valence-corrected chi connectivity index (χ1v) is 11.6. The van der Waals surface area contributed by atoms with E-state index in [1.807, 2.05) is 48.5 Å². The first-order valence-electron chi connectivity index (χ1n) is 10.4. The lowest BCUT2D eigenvalue weighted by Gasteiger charge is -2.29. The number of nitrogens with one attached hydrogen (secondary N) is 1. The van der Waals surface area contributed by atoms with E-state index in [1.54, 1.807) is 17.0 Å². The molecule has 0 unspecified atom stereocenters. The zero-order valence-electron chi connectivity index (χ0n) is 17.7. The van der Waals surface area contributed by atoms with Gasteiger partial charge in [0.1, 0.15) is 6.54 Å². The minimum atomic E-state index is -0.183. The summed E-state index contributed by atoms with van der Waals surface area (Å²) < 4.78 is 0. The molecule has 0 saturated carbocycles. The highest BCUT2D eigenvalue weighted by atomic mass is 35.5. The number of para-hydroxylation sites is 1. The Balaban J connectivity index is 1.48. The van der Waals surface area contributed by atoms with Gasteiger partial charge < -0.3 is 5.32 Å². The van der Waals surface area contributed by atoms with Crippen LogP contribution >= 0.6 is 23.4 Å². The smallest absolute Gasteiger partial charge is 0.265 e. The van der Waals surface area contributed by atoms with Crippen LogP contribution in [0, 0.1) is 6.92 Å². The lowest BCUT2D eigenvalue weighted by atomic mass is 10.1. The minimum absolute atomic E-state index is 0.0256. The zero-order valence-corrected chi connectivity index (χ0v) is 19.2. The van der Waals surface area contributed by atoms with Crippen molar-refractivity contribution in [2.75, 3.05) is 18.0 Å². The lowest BCUT2D eigenvalue weighted by molar-refractivity contribution is -0.122. The number of halogens is 1. The number of hydrogen-bond acceptors (Lipinski definition) is 3. The van der Waals surface area contributed by atoms with E-state index in [-0.39, 0.29) is 18.4 Å². The number of carbonyl (C=O) groups excluding carboxylic acids is 2. The summed E-state index contributed by atoms with van der Waals surface area (Å²) in [6.45, 7) is 2.55. The standard InChI is InChI=1S/C26H23ClN2O2S/c1-18-5-4-6-19(15-18)13-14-28-25(30)17-29-22-7-2-3-8-23(22)32-24(26(29)31)16-20-9-11-21(27)12-10-20/h2-12,15-16H,13-14,17H2,1H3,(H,28,30). The molecule has 0 bridgehead atoms. The van der Waals surface area contributed by atoms with Gasteiger partial charge in [0.15, 0.2) is 0 Å². The number of rotatable bonds is 6. The second-order valence-electron chi connectivity index (χ2n) is 7.61. The van der Waals surface area contributed by atoms with Crippen LogP contribution in [0.15, 0.2) is 82.6 Å². The highest BCUT2D eigenvalue weighted by molar-refractivity contribution is 8.04. The third kappa shape index (κ3) is 5.42. The van der Waals surface area contributed by atoms with Crippen LogP contribution < -0.4 is 10.2 Å². The van der Waals surface area contributed by atoms with Crippen LogP contribution in [0.5, 0.6) is 0 Å². The number of carbonyl (C=O) groups is 2. The van der Waals surface area contributed by atoms with E-state index in [1.165, 1.54) is 22.9 Å². The van der Waals surface area contributed by atoms with Gasteiger partial charge in [0, 0.05) is 16.5 Å². The number of anilines is 1. The Morgan fingerprint density at radius 1 is 1.06 bits per heavy atom. The van der Waals surface area contributed by atoms with Crippen molar-refractivity contribution in [3.63, 3.8) is 0 Å². The van der Waals surface area contributed by atoms with Gasteiger partial charge in [0.2, 0.25) is 5.91 Å². The average Bonchev–Trinajstić information content (AvgIpc) is 2.78. The predicted molar refractivity (Wildman–Crippen MR) is 132 cm³/mol. The van der Waals surface area contributed by atoms with Gasteiger partial charge in [-0.2, -0.15) is 0 Å². The molecule has 1 aliphatic heterocycles. The van der Waals surface area contributed by atoms with E-state index in [9.17, 15) is 9.59 Å². The van der Waals surface area contributed by atoms with E-state index in [4.69, 9.17) is 11.6 Å².